The van der Waals surface area contributed by atoms with Gasteiger partial charge in [-0.1, -0.05) is 11.6 Å². The van der Waals surface area contributed by atoms with E-state index in [0.29, 0.717) is 5.69 Å². The summed E-state index contributed by atoms with van der Waals surface area (Å²) in [6.07, 6.45) is 1.37. The summed E-state index contributed by atoms with van der Waals surface area (Å²) in [5.74, 6) is -0.590. The van der Waals surface area contributed by atoms with E-state index >= 15 is 0 Å². The van der Waals surface area contributed by atoms with Crippen LogP contribution in [0.25, 0.3) is 0 Å². The van der Waals surface area contributed by atoms with Gasteiger partial charge in [0, 0.05) is 6.20 Å². The fraction of sp³-hybridized carbons (Fsp3) is 0.143. The Morgan fingerprint density at radius 2 is 2.36 bits per heavy atom. The average molecular weight is 232 g/mol. The van der Waals surface area contributed by atoms with Gasteiger partial charge in [0.2, 0.25) is 10.0 Å². The molecule has 0 atom stereocenters. The van der Waals surface area contributed by atoms with E-state index in [1.807, 2.05) is 0 Å². The number of nitrogens with one attached hydrogen (secondary N) is 1. The molecule has 1 N–H and O–H groups in total. The highest BCUT2D eigenvalue weighted by Gasteiger charge is 2.09. The second-order valence-electron chi connectivity index (χ2n) is 2.39. The second kappa shape index (κ2) is 4.26. The molecule has 0 unspecified atom stereocenters. The Kier molecular flexibility index (Phi) is 3.28. The van der Waals surface area contributed by atoms with Crippen molar-refractivity contribution in [3.63, 3.8) is 0 Å². The van der Waals surface area contributed by atoms with Crippen LogP contribution in [0, 0.1) is 11.3 Å². The van der Waals surface area contributed by atoms with Gasteiger partial charge in [0.05, 0.1) is 11.8 Å². The minimum atomic E-state index is -3.60. The molecule has 0 amide bonds. The minimum absolute atomic E-state index is 0.183. The van der Waals surface area contributed by atoms with Gasteiger partial charge in [-0.25, -0.2) is 13.4 Å². The van der Waals surface area contributed by atoms with Crippen LogP contribution in [0.1, 0.15) is 0 Å². The average Bonchev–Trinajstić information content (AvgIpc) is 2.02. The van der Waals surface area contributed by atoms with Crippen molar-refractivity contribution in [1.29, 1.82) is 5.26 Å². The van der Waals surface area contributed by atoms with Crippen LogP contribution in [0.5, 0.6) is 0 Å². The van der Waals surface area contributed by atoms with E-state index in [-0.39, 0.29) is 5.15 Å². The number of aromatic nitrogens is 1. The van der Waals surface area contributed by atoms with Gasteiger partial charge in [-0.2, -0.15) is 5.26 Å². The van der Waals surface area contributed by atoms with Crippen LogP contribution in [-0.4, -0.2) is 19.2 Å². The second-order valence-corrected chi connectivity index (χ2v) is 4.50. The van der Waals surface area contributed by atoms with Crippen molar-refractivity contribution in [2.24, 2.45) is 0 Å². The van der Waals surface area contributed by atoms with Gasteiger partial charge in [0.1, 0.15) is 5.15 Å². The Morgan fingerprint density at radius 1 is 1.64 bits per heavy atom. The molecule has 0 aliphatic heterocycles. The first-order valence-electron chi connectivity index (χ1n) is 3.52. The van der Waals surface area contributed by atoms with Gasteiger partial charge in [-0.3, -0.25) is 4.72 Å². The number of nitrogens with zero attached hydrogens (tertiary/aromatic N) is 2. The van der Waals surface area contributed by atoms with E-state index < -0.39 is 15.8 Å². The summed E-state index contributed by atoms with van der Waals surface area (Å²) in [4.78, 5) is 3.68. The summed E-state index contributed by atoms with van der Waals surface area (Å²) in [6, 6.07) is 4.35. The van der Waals surface area contributed by atoms with Crippen LogP contribution in [-0.2, 0) is 10.0 Å². The van der Waals surface area contributed by atoms with Crippen LogP contribution in [0.2, 0.25) is 5.15 Å². The molecule has 0 saturated carbocycles. The van der Waals surface area contributed by atoms with Crippen molar-refractivity contribution >= 4 is 27.3 Å². The highest BCUT2D eigenvalue weighted by Crippen LogP contribution is 2.13. The molecule has 0 bridgehead atoms. The lowest BCUT2D eigenvalue weighted by molar-refractivity contribution is 0.604. The Hall–Kier alpha value is -1.32. The molecule has 0 aliphatic carbocycles. The zero-order chi connectivity index (χ0) is 10.6. The quantitative estimate of drug-likeness (QED) is 0.787. The molecular formula is C7H6ClN3O2S. The van der Waals surface area contributed by atoms with E-state index in [1.54, 1.807) is 6.07 Å². The Labute approximate surface area is 86.4 Å². The molecular weight excluding hydrogens is 226 g/mol. The molecule has 0 spiro atoms. The Bertz CT molecular complexity index is 466. The van der Waals surface area contributed by atoms with Crippen LogP contribution >= 0.6 is 11.6 Å². The summed E-state index contributed by atoms with van der Waals surface area (Å²) in [6.45, 7) is 0. The first-order chi connectivity index (χ1) is 6.53. The maximum absolute atomic E-state index is 11.1. The lowest BCUT2D eigenvalue weighted by Gasteiger charge is -2.03. The van der Waals surface area contributed by atoms with Gasteiger partial charge in [-0.05, 0) is 12.1 Å². The molecule has 74 valence electrons. The number of halogens is 1. The molecule has 1 aromatic heterocycles. The van der Waals surface area contributed by atoms with E-state index in [2.05, 4.69) is 9.71 Å². The van der Waals surface area contributed by atoms with E-state index in [0.717, 1.165) is 0 Å². The van der Waals surface area contributed by atoms with Crippen LogP contribution in [0.4, 0.5) is 5.69 Å². The Balaban J connectivity index is 2.85. The predicted molar refractivity (Wildman–Crippen MR) is 52.3 cm³/mol. The number of hydrogen-bond acceptors (Lipinski definition) is 4. The first kappa shape index (κ1) is 10.8. The topological polar surface area (TPSA) is 82.8 Å². The molecule has 1 aromatic rings. The number of pyridine rings is 1. The molecule has 0 saturated heterocycles. The van der Waals surface area contributed by atoms with Gasteiger partial charge in [-0.15, -0.1) is 0 Å². The normalized spacial score (nSPS) is 10.6. The number of rotatable bonds is 3. The molecule has 5 nitrogen and oxygen atoms in total. The number of anilines is 1. The molecule has 0 fully saturated rings. The summed E-state index contributed by atoms with van der Waals surface area (Å²) in [5.41, 5.74) is 0.292. The minimum Gasteiger partial charge on any atom is -0.283 e. The molecule has 0 aromatic carbocycles. The highest BCUT2D eigenvalue weighted by atomic mass is 35.5. The largest absolute Gasteiger partial charge is 0.283 e. The van der Waals surface area contributed by atoms with Gasteiger partial charge in [0.15, 0.2) is 5.75 Å². The summed E-state index contributed by atoms with van der Waals surface area (Å²) in [7, 11) is -3.60. The molecule has 14 heavy (non-hydrogen) atoms. The van der Waals surface area contributed by atoms with Gasteiger partial charge < -0.3 is 0 Å². The summed E-state index contributed by atoms with van der Waals surface area (Å²) < 4.78 is 24.4. The number of nitriles is 1. The standard InChI is InChI=1S/C7H6ClN3O2S/c8-7-5-6(1-3-10-7)11-14(12,13)4-2-9/h1,3,5H,4H2,(H,10,11). The zero-order valence-electron chi connectivity index (χ0n) is 6.94. The number of hydrogen-bond donors (Lipinski definition) is 1. The SMILES string of the molecule is N#CCS(=O)(=O)Nc1ccnc(Cl)c1. The third-order valence-electron chi connectivity index (χ3n) is 1.25. The molecule has 1 heterocycles. The third-order valence-corrected chi connectivity index (χ3v) is 2.52. The van der Waals surface area contributed by atoms with Crippen LogP contribution in [0.3, 0.4) is 0 Å². The summed E-state index contributed by atoms with van der Waals surface area (Å²) in [5, 5.41) is 8.41. The maximum atomic E-state index is 11.1. The van der Waals surface area contributed by atoms with Crippen molar-refractivity contribution in [2.45, 2.75) is 0 Å². The van der Waals surface area contributed by atoms with Crippen molar-refractivity contribution in [2.75, 3.05) is 10.5 Å². The molecule has 1 rings (SSSR count). The fourth-order valence-electron chi connectivity index (χ4n) is 0.767. The van der Waals surface area contributed by atoms with Crippen molar-refractivity contribution in [1.82, 2.24) is 4.98 Å². The van der Waals surface area contributed by atoms with Crippen LogP contribution in [0.15, 0.2) is 18.3 Å². The van der Waals surface area contributed by atoms with Crippen molar-refractivity contribution in [3.05, 3.63) is 23.5 Å². The first-order valence-corrected chi connectivity index (χ1v) is 5.55. The third kappa shape index (κ3) is 3.20. The van der Waals surface area contributed by atoms with Gasteiger partial charge >= 0.3 is 0 Å². The zero-order valence-corrected chi connectivity index (χ0v) is 8.51. The highest BCUT2D eigenvalue weighted by molar-refractivity contribution is 7.92. The predicted octanol–water partition coefficient (Wildman–Crippen LogP) is 1.00. The van der Waals surface area contributed by atoms with Gasteiger partial charge in [0.25, 0.3) is 0 Å². The monoisotopic (exact) mass is 231 g/mol. The molecule has 7 heteroatoms. The number of sulfonamides is 1. The van der Waals surface area contributed by atoms with E-state index in [1.165, 1.54) is 18.3 Å². The van der Waals surface area contributed by atoms with E-state index in [4.69, 9.17) is 16.9 Å². The Morgan fingerprint density at radius 3 is 2.93 bits per heavy atom. The molecule has 0 radical (unpaired) electrons. The fourth-order valence-corrected chi connectivity index (χ4v) is 1.67. The van der Waals surface area contributed by atoms with E-state index in [9.17, 15) is 8.42 Å². The lowest BCUT2D eigenvalue weighted by Crippen LogP contribution is -2.15. The lowest BCUT2D eigenvalue weighted by atomic mass is 10.4. The van der Waals surface area contributed by atoms with Crippen LogP contribution < -0.4 is 4.72 Å². The maximum Gasteiger partial charge on any atom is 0.246 e. The van der Waals surface area contributed by atoms with Crippen molar-refractivity contribution in [3.8, 4) is 6.07 Å². The van der Waals surface area contributed by atoms with Crippen molar-refractivity contribution < 1.29 is 8.42 Å². The summed E-state index contributed by atoms with van der Waals surface area (Å²) >= 11 is 5.54. The smallest absolute Gasteiger partial charge is 0.246 e. The molecule has 0 aliphatic rings.